The van der Waals surface area contributed by atoms with Crippen LogP contribution in [0.15, 0.2) is 200 Å². The van der Waals surface area contributed by atoms with Gasteiger partial charge in [0.05, 0.1) is 11.1 Å². The lowest BCUT2D eigenvalue weighted by Crippen LogP contribution is -2.32. The van der Waals surface area contributed by atoms with Crippen molar-refractivity contribution in [2.24, 2.45) is 0 Å². The van der Waals surface area contributed by atoms with Gasteiger partial charge in [0.2, 0.25) is 0 Å². The molecule has 0 fully saturated rings. The van der Waals surface area contributed by atoms with Crippen molar-refractivity contribution in [3.63, 3.8) is 0 Å². The maximum atomic E-state index is 6.86. The highest BCUT2D eigenvalue weighted by Crippen LogP contribution is 2.64. The summed E-state index contributed by atoms with van der Waals surface area (Å²) in [5.41, 5.74) is 17.8. The van der Waals surface area contributed by atoms with E-state index >= 15 is 0 Å². The fourth-order valence-electron chi connectivity index (χ4n) is 10.6. The molecular weight excluding hydrogens is 703 g/mol. The Kier molecular flexibility index (Phi) is 6.93. The highest BCUT2D eigenvalue weighted by molar-refractivity contribution is 6.00. The van der Waals surface area contributed by atoms with E-state index in [1.54, 1.807) is 0 Å². The summed E-state index contributed by atoms with van der Waals surface area (Å²) in [5.74, 6) is 1.80. The molecule has 58 heavy (non-hydrogen) atoms. The lowest BCUT2D eigenvalue weighted by Gasteiger charge is -2.40. The molecule has 2 nitrogen and oxygen atoms in total. The van der Waals surface area contributed by atoms with Crippen molar-refractivity contribution in [2.45, 2.75) is 24.7 Å². The quantitative estimate of drug-likeness (QED) is 0.178. The minimum atomic E-state index is -0.622. The molecule has 0 saturated heterocycles. The second-order valence-electron chi connectivity index (χ2n) is 16.4. The number of fused-ring (bicyclic) bond motifs is 14. The van der Waals surface area contributed by atoms with Gasteiger partial charge >= 0.3 is 0 Å². The average molecular weight is 742 g/mol. The summed E-state index contributed by atoms with van der Waals surface area (Å²) < 4.78 is 6.86. The van der Waals surface area contributed by atoms with Gasteiger partial charge in [-0.1, -0.05) is 172 Å². The van der Waals surface area contributed by atoms with Crippen LogP contribution in [0.3, 0.4) is 0 Å². The van der Waals surface area contributed by atoms with Crippen molar-refractivity contribution >= 4 is 27.8 Å². The number of rotatable bonds is 4. The topological polar surface area (TPSA) is 12.5 Å². The van der Waals surface area contributed by atoms with Gasteiger partial charge in [0.15, 0.2) is 0 Å². The Bertz CT molecular complexity index is 3120. The highest BCUT2D eigenvalue weighted by Gasteiger charge is 2.52. The van der Waals surface area contributed by atoms with E-state index < -0.39 is 5.41 Å². The molecule has 9 aromatic carbocycles. The van der Waals surface area contributed by atoms with Crippen LogP contribution in [0.4, 0.5) is 17.1 Å². The van der Waals surface area contributed by atoms with Crippen molar-refractivity contribution in [1.82, 2.24) is 0 Å². The molecule has 0 N–H and O–H groups in total. The zero-order valence-electron chi connectivity index (χ0n) is 32.4. The molecule has 0 radical (unpaired) electrons. The first kappa shape index (κ1) is 33.0. The van der Waals surface area contributed by atoms with E-state index in [0.29, 0.717) is 0 Å². The van der Waals surface area contributed by atoms with Crippen molar-refractivity contribution < 1.29 is 4.74 Å². The van der Waals surface area contributed by atoms with Crippen LogP contribution in [0.25, 0.3) is 44.2 Å². The maximum absolute atomic E-state index is 6.86. The summed E-state index contributed by atoms with van der Waals surface area (Å²) in [6.07, 6.45) is 0. The van der Waals surface area contributed by atoms with Gasteiger partial charge in [-0.25, -0.2) is 0 Å². The average Bonchev–Trinajstić information content (AvgIpc) is 3.69. The fraction of sp³-hybridized carbons (Fsp3) is 0.0714. The van der Waals surface area contributed by atoms with Gasteiger partial charge in [0.1, 0.15) is 11.5 Å². The van der Waals surface area contributed by atoms with Crippen LogP contribution in [0.5, 0.6) is 11.5 Å². The van der Waals surface area contributed by atoms with Gasteiger partial charge in [-0.15, -0.1) is 0 Å². The van der Waals surface area contributed by atoms with Crippen LogP contribution < -0.4 is 9.64 Å². The third kappa shape index (κ3) is 4.43. The number of anilines is 3. The lowest BCUT2D eigenvalue weighted by atomic mass is 9.65. The maximum Gasteiger partial charge on any atom is 0.132 e. The smallest absolute Gasteiger partial charge is 0.132 e. The first-order valence-corrected chi connectivity index (χ1v) is 20.3. The van der Waals surface area contributed by atoms with Crippen LogP contribution in [-0.4, -0.2) is 0 Å². The molecule has 1 unspecified atom stereocenters. The summed E-state index contributed by atoms with van der Waals surface area (Å²) in [6, 6.07) is 73.6. The molecule has 0 aromatic heterocycles. The molecule has 0 saturated carbocycles. The van der Waals surface area contributed by atoms with Crippen LogP contribution in [0.1, 0.15) is 47.2 Å². The normalized spacial score (nSPS) is 16.1. The van der Waals surface area contributed by atoms with Gasteiger partial charge in [-0.3, -0.25) is 0 Å². The molecule has 1 aliphatic heterocycles. The van der Waals surface area contributed by atoms with Gasteiger partial charge in [-0.2, -0.15) is 0 Å². The minimum Gasteiger partial charge on any atom is -0.457 e. The molecule has 1 spiro atoms. The Morgan fingerprint density at radius 1 is 0.414 bits per heavy atom. The standard InChI is InChI=1S/C56H39NO/c1-55(2)45-21-10-9-20-44(45)53-48(55)24-14-25-50(53)57(39-30-27-37(28-31-39)36-15-4-3-5-16-36)40-32-33-43-42-19-8-11-22-46(42)56(49(43)35-40)47-23-12-13-26-51(47)58-52-34-29-38-17-6-7-18-41(38)54(52)56/h3-35H,1-2H3. The molecule has 1 heterocycles. The molecule has 9 aromatic rings. The molecule has 2 heteroatoms. The summed E-state index contributed by atoms with van der Waals surface area (Å²) in [6.45, 7) is 4.72. The van der Waals surface area contributed by atoms with Gasteiger partial charge < -0.3 is 9.64 Å². The summed E-state index contributed by atoms with van der Waals surface area (Å²) in [4.78, 5) is 2.50. The number of nitrogens with zero attached hydrogens (tertiary/aromatic N) is 1. The van der Waals surface area contributed by atoms with Crippen molar-refractivity contribution in [2.75, 3.05) is 4.90 Å². The molecule has 0 bridgehead atoms. The number of hydrogen-bond donors (Lipinski definition) is 0. The van der Waals surface area contributed by atoms with Crippen molar-refractivity contribution in [3.05, 3.63) is 234 Å². The van der Waals surface area contributed by atoms with Crippen LogP contribution in [0, 0.1) is 0 Å². The van der Waals surface area contributed by atoms with Crippen molar-refractivity contribution in [1.29, 1.82) is 0 Å². The molecular formula is C56H39NO. The van der Waals surface area contributed by atoms with E-state index in [1.807, 2.05) is 0 Å². The number of benzene rings is 9. The first-order valence-electron chi connectivity index (χ1n) is 20.3. The number of para-hydroxylation sites is 1. The second kappa shape index (κ2) is 12.2. The van der Waals surface area contributed by atoms with E-state index in [9.17, 15) is 0 Å². The molecule has 1 atom stereocenters. The SMILES string of the molecule is CC1(C)c2ccccc2-c2c(N(c3ccc(-c4ccccc4)cc3)c3ccc4c(c3)C3(c5ccccc5Oc5ccc6ccccc6c53)c3ccccc3-4)cccc21. The molecule has 2 aliphatic carbocycles. The van der Waals surface area contributed by atoms with E-state index in [1.165, 1.54) is 77.7 Å². The zero-order valence-corrected chi connectivity index (χ0v) is 32.4. The molecule has 0 amide bonds. The zero-order chi connectivity index (χ0) is 38.6. The summed E-state index contributed by atoms with van der Waals surface area (Å²) >= 11 is 0. The van der Waals surface area contributed by atoms with Crippen molar-refractivity contribution in [3.8, 4) is 44.9 Å². The van der Waals surface area contributed by atoms with E-state index in [-0.39, 0.29) is 5.41 Å². The molecule has 274 valence electrons. The van der Waals surface area contributed by atoms with E-state index in [4.69, 9.17) is 4.74 Å². The number of hydrogen-bond acceptors (Lipinski definition) is 2. The monoisotopic (exact) mass is 741 g/mol. The van der Waals surface area contributed by atoms with Crippen LogP contribution in [-0.2, 0) is 10.8 Å². The molecule has 3 aliphatic rings. The Labute approximate surface area is 339 Å². The lowest BCUT2D eigenvalue weighted by molar-refractivity contribution is 0.438. The summed E-state index contributed by atoms with van der Waals surface area (Å²) in [5, 5.41) is 2.41. The van der Waals surface area contributed by atoms with Gasteiger partial charge in [0, 0.05) is 33.5 Å². The van der Waals surface area contributed by atoms with E-state index in [2.05, 4.69) is 219 Å². The Balaban J connectivity index is 1.16. The predicted octanol–water partition coefficient (Wildman–Crippen LogP) is 14.8. The van der Waals surface area contributed by atoms with Crippen LogP contribution in [0.2, 0.25) is 0 Å². The predicted molar refractivity (Wildman–Crippen MR) is 239 cm³/mol. The number of ether oxygens (including phenoxy) is 1. The molecule has 12 rings (SSSR count). The Morgan fingerprint density at radius 3 is 1.90 bits per heavy atom. The summed E-state index contributed by atoms with van der Waals surface area (Å²) in [7, 11) is 0. The second-order valence-corrected chi connectivity index (χ2v) is 16.4. The third-order valence-electron chi connectivity index (χ3n) is 13.1. The van der Waals surface area contributed by atoms with Crippen LogP contribution >= 0.6 is 0 Å². The third-order valence-corrected chi connectivity index (χ3v) is 13.1. The Hall–Kier alpha value is -7.16. The minimum absolute atomic E-state index is 0.134. The highest BCUT2D eigenvalue weighted by atomic mass is 16.5. The fourth-order valence-corrected chi connectivity index (χ4v) is 10.6. The van der Waals surface area contributed by atoms with E-state index in [0.717, 1.165) is 28.4 Å². The first-order chi connectivity index (χ1) is 28.5. The van der Waals surface area contributed by atoms with Gasteiger partial charge in [0.25, 0.3) is 0 Å². The Morgan fingerprint density at radius 2 is 1.05 bits per heavy atom. The largest absolute Gasteiger partial charge is 0.457 e. The van der Waals surface area contributed by atoms with Gasteiger partial charge in [-0.05, 0) is 103 Å².